The molecule has 20 heavy (non-hydrogen) atoms. The summed E-state index contributed by atoms with van der Waals surface area (Å²) >= 11 is 0. The van der Waals surface area contributed by atoms with E-state index in [-0.39, 0.29) is 0 Å². The summed E-state index contributed by atoms with van der Waals surface area (Å²) in [5, 5.41) is 3.59. The van der Waals surface area contributed by atoms with Crippen molar-refractivity contribution in [3.8, 4) is 0 Å². The number of nitrogens with one attached hydrogen (secondary N) is 1. The Hall–Kier alpha value is -0.800. The lowest BCUT2D eigenvalue weighted by atomic mass is 9.99. The number of aryl methyl sites for hydroxylation is 1. The molecule has 2 heterocycles. The Morgan fingerprint density at radius 3 is 2.80 bits per heavy atom. The van der Waals surface area contributed by atoms with Crippen LogP contribution in [-0.4, -0.2) is 35.6 Å². The van der Waals surface area contributed by atoms with Crippen molar-refractivity contribution < 1.29 is 0 Å². The quantitative estimate of drug-likeness (QED) is 0.737. The molecule has 1 aromatic heterocycles. The van der Waals surface area contributed by atoms with Gasteiger partial charge in [0.1, 0.15) is 0 Å². The summed E-state index contributed by atoms with van der Waals surface area (Å²) in [6.45, 7) is 11.8. The first kappa shape index (κ1) is 15.6. The van der Waals surface area contributed by atoms with Crippen LogP contribution in [0.5, 0.6) is 0 Å². The Balaban J connectivity index is 1.56. The van der Waals surface area contributed by atoms with Crippen molar-refractivity contribution in [2.24, 2.45) is 5.92 Å². The molecule has 1 saturated heterocycles. The van der Waals surface area contributed by atoms with Gasteiger partial charge in [0.2, 0.25) is 0 Å². The number of aromatic nitrogens is 1. The molecular weight excluding hydrogens is 246 g/mol. The molecule has 0 amide bonds. The van der Waals surface area contributed by atoms with Crippen molar-refractivity contribution >= 4 is 0 Å². The second kappa shape index (κ2) is 8.48. The highest BCUT2D eigenvalue weighted by Crippen LogP contribution is 2.15. The number of piperidine rings is 1. The third-order valence-electron chi connectivity index (χ3n) is 4.40. The minimum absolute atomic E-state index is 0.940. The maximum absolute atomic E-state index is 3.59. The third kappa shape index (κ3) is 4.95. The molecule has 0 aromatic carbocycles. The van der Waals surface area contributed by atoms with Crippen molar-refractivity contribution in [1.82, 2.24) is 14.8 Å². The van der Waals surface area contributed by atoms with Gasteiger partial charge in [-0.15, -0.1) is 0 Å². The lowest BCUT2D eigenvalue weighted by molar-refractivity contribution is 0.190. The van der Waals surface area contributed by atoms with E-state index in [1.165, 1.54) is 51.0 Å². The van der Waals surface area contributed by atoms with Crippen LogP contribution in [0.4, 0.5) is 0 Å². The normalized spacial score (nSPS) is 17.7. The Morgan fingerprint density at radius 2 is 2.05 bits per heavy atom. The second-order valence-corrected chi connectivity index (χ2v) is 6.25. The summed E-state index contributed by atoms with van der Waals surface area (Å²) in [5.41, 5.74) is 1.42. The fourth-order valence-electron chi connectivity index (χ4n) is 3.00. The first-order valence-corrected chi connectivity index (χ1v) is 8.36. The summed E-state index contributed by atoms with van der Waals surface area (Å²) in [6.07, 6.45) is 7.43. The van der Waals surface area contributed by atoms with E-state index in [1.54, 1.807) is 0 Å². The highest BCUT2D eigenvalue weighted by molar-refractivity contribution is 5.06. The highest BCUT2D eigenvalue weighted by Gasteiger charge is 2.14. The monoisotopic (exact) mass is 277 g/mol. The molecule has 1 aromatic rings. The van der Waals surface area contributed by atoms with Crippen LogP contribution in [0.3, 0.4) is 0 Å². The molecule has 0 aliphatic carbocycles. The first-order valence-electron chi connectivity index (χ1n) is 8.36. The largest absolute Gasteiger partial charge is 0.350 e. The molecule has 0 saturated carbocycles. The summed E-state index contributed by atoms with van der Waals surface area (Å²) < 4.78 is 2.36. The lowest BCUT2D eigenvalue weighted by Crippen LogP contribution is -2.34. The van der Waals surface area contributed by atoms with Gasteiger partial charge in [-0.05, 0) is 69.9 Å². The standard InChI is InChI=1S/C17H31N3/c1-3-10-20-12-4-6-17(20)15-18-9-5-11-19-13-7-16(2)8-14-19/h4,6,12,16,18H,3,5,7-11,13-15H2,1-2H3. The molecule has 2 rings (SSSR count). The highest BCUT2D eigenvalue weighted by atomic mass is 15.1. The van der Waals surface area contributed by atoms with E-state index in [2.05, 4.69) is 47.0 Å². The third-order valence-corrected chi connectivity index (χ3v) is 4.40. The van der Waals surface area contributed by atoms with Crippen LogP contribution in [0.1, 0.15) is 45.2 Å². The SMILES string of the molecule is CCCn1cccc1CNCCCN1CCC(C)CC1. The van der Waals surface area contributed by atoms with Crippen LogP contribution in [0.2, 0.25) is 0 Å². The van der Waals surface area contributed by atoms with Crippen molar-refractivity contribution in [1.29, 1.82) is 0 Å². The van der Waals surface area contributed by atoms with Crippen molar-refractivity contribution in [3.63, 3.8) is 0 Å². The molecule has 0 radical (unpaired) electrons. The van der Waals surface area contributed by atoms with Gasteiger partial charge in [0, 0.05) is 25.0 Å². The summed E-state index contributed by atoms with van der Waals surface area (Å²) in [6, 6.07) is 4.39. The van der Waals surface area contributed by atoms with Crippen LogP contribution >= 0.6 is 0 Å². The van der Waals surface area contributed by atoms with Crippen LogP contribution < -0.4 is 5.32 Å². The number of hydrogen-bond donors (Lipinski definition) is 1. The maximum Gasteiger partial charge on any atom is 0.0359 e. The van der Waals surface area contributed by atoms with E-state index >= 15 is 0 Å². The summed E-state index contributed by atoms with van der Waals surface area (Å²) in [7, 11) is 0. The van der Waals surface area contributed by atoms with Gasteiger partial charge in [-0.3, -0.25) is 0 Å². The van der Waals surface area contributed by atoms with Crippen LogP contribution in [0, 0.1) is 5.92 Å². The summed E-state index contributed by atoms with van der Waals surface area (Å²) in [4.78, 5) is 2.63. The fourth-order valence-corrected chi connectivity index (χ4v) is 3.00. The van der Waals surface area contributed by atoms with E-state index in [9.17, 15) is 0 Å². The van der Waals surface area contributed by atoms with Crippen LogP contribution in [0.25, 0.3) is 0 Å². The molecule has 0 spiro atoms. The van der Waals surface area contributed by atoms with E-state index in [4.69, 9.17) is 0 Å². The average molecular weight is 277 g/mol. The molecule has 3 nitrogen and oxygen atoms in total. The molecule has 1 aliphatic rings. The Morgan fingerprint density at radius 1 is 1.25 bits per heavy atom. The Kier molecular flexibility index (Phi) is 6.61. The minimum atomic E-state index is 0.940. The lowest BCUT2D eigenvalue weighted by Gasteiger charge is -2.30. The number of likely N-dealkylation sites (tertiary alicyclic amines) is 1. The Labute approximate surface area is 124 Å². The van der Waals surface area contributed by atoms with E-state index in [0.717, 1.165) is 25.6 Å². The molecule has 0 unspecified atom stereocenters. The van der Waals surface area contributed by atoms with Crippen molar-refractivity contribution in [2.45, 2.75) is 52.6 Å². The van der Waals surface area contributed by atoms with Gasteiger partial charge in [0.05, 0.1) is 0 Å². The number of rotatable bonds is 8. The Bertz CT molecular complexity index is 364. The molecule has 1 aliphatic heterocycles. The number of hydrogen-bond acceptors (Lipinski definition) is 2. The predicted molar refractivity (Wildman–Crippen MR) is 85.9 cm³/mol. The van der Waals surface area contributed by atoms with Gasteiger partial charge >= 0.3 is 0 Å². The second-order valence-electron chi connectivity index (χ2n) is 6.25. The molecule has 0 atom stereocenters. The fraction of sp³-hybridized carbons (Fsp3) is 0.765. The first-order chi connectivity index (χ1) is 9.79. The molecule has 0 bridgehead atoms. The zero-order chi connectivity index (χ0) is 14.2. The molecule has 3 heteroatoms. The van der Waals surface area contributed by atoms with Gasteiger partial charge in [0.25, 0.3) is 0 Å². The van der Waals surface area contributed by atoms with Crippen LogP contribution in [-0.2, 0) is 13.1 Å². The van der Waals surface area contributed by atoms with Crippen LogP contribution in [0.15, 0.2) is 18.3 Å². The summed E-state index contributed by atoms with van der Waals surface area (Å²) in [5.74, 6) is 0.940. The smallest absolute Gasteiger partial charge is 0.0359 e. The maximum atomic E-state index is 3.59. The molecule has 1 N–H and O–H groups in total. The van der Waals surface area contributed by atoms with Gasteiger partial charge in [-0.2, -0.15) is 0 Å². The van der Waals surface area contributed by atoms with Crippen molar-refractivity contribution in [3.05, 3.63) is 24.0 Å². The molecular formula is C17H31N3. The van der Waals surface area contributed by atoms with Crippen molar-refractivity contribution in [2.75, 3.05) is 26.2 Å². The zero-order valence-electron chi connectivity index (χ0n) is 13.3. The van der Waals surface area contributed by atoms with Gasteiger partial charge < -0.3 is 14.8 Å². The van der Waals surface area contributed by atoms with E-state index < -0.39 is 0 Å². The molecule has 1 fully saturated rings. The van der Waals surface area contributed by atoms with E-state index in [0.29, 0.717) is 0 Å². The van der Waals surface area contributed by atoms with Gasteiger partial charge in [-0.25, -0.2) is 0 Å². The topological polar surface area (TPSA) is 20.2 Å². The van der Waals surface area contributed by atoms with E-state index in [1.807, 2.05) is 0 Å². The molecule has 114 valence electrons. The minimum Gasteiger partial charge on any atom is -0.350 e. The number of nitrogens with zero attached hydrogens (tertiary/aromatic N) is 2. The van der Waals surface area contributed by atoms with Gasteiger partial charge in [-0.1, -0.05) is 13.8 Å². The average Bonchev–Trinajstić information content (AvgIpc) is 2.88. The zero-order valence-corrected chi connectivity index (χ0v) is 13.3. The predicted octanol–water partition coefficient (Wildman–Crippen LogP) is 3.11. The van der Waals surface area contributed by atoms with Gasteiger partial charge in [0.15, 0.2) is 0 Å².